The zero-order chi connectivity index (χ0) is 15.7. The summed E-state index contributed by atoms with van der Waals surface area (Å²) in [6, 6.07) is 5.72. The van der Waals surface area contributed by atoms with Gasteiger partial charge in [0.25, 0.3) is 5.91 Å². The summed E-state index contributed by atoms with van der Waals surface area (Å²) in [5.74, 6) is 1.57. The van der Waals surface area contributed by atoms with Crippen LogP contribution in [0, 0.1) is 5.92 Å². The number of hydrogen-bond acceptors (Lipinski definition) is 4. The summed E-state index contributed by atoms with van der Waals surface area (Å²) in [5, 5.41) is 4.22. The Balaban J connectivity index is 1.87. The number of nitrogens with zero attached hydrogens (tertiary/aromatic N) is 4. The van der Waals surface area contributed by atoms with Gasteiger partial charge in [-0.15, -0.1) is 0 Å². The van der Waals surface area contributed by atoms with E-state index >= 15 is 0 Å². The Labute approximate surface area is 129 Å². The quantitative estimate of drug-likeness (QED) is 0.921. The zero-order valence-electron chi connectivity index (χ0n) is 12.9. The predicted octanol–water partition coefficient (Wildman–Crippen LogP) is 2.11. The summed E-state index contributed by atoms with van der Waals surface area (Å²) in [5.41, 5.74) is 6.58. The van der Waals surface area contributed by atoms with Gasteiger partial charge in [0.1, 0.15) is 11.4 Å². The number of nitrogens with two attached hydrogens (primary N) is 1. The summed E-state index contributed by atoms with van der Waals surface area (Å²) in [6.07, 6.45) is 5.27. The highest BCUT2D eigenvalue weighted by molar-refractivity contribution is 5.98. The molecule has 1 saturated heterocycles. The van der Waals surface area contributed by atoms with Crippen molar-refractivity contribution in [3.8, 4) is 5.82 Å². The highest BCUT2D eigenvalue weighted by atomic mass is 16.2. The van der Waals surface area contributed by atoms with Gasteiger partial charge in [0.05, 0.1) is 6.20 Å². The summed E-state index contributed by atoms with van der Waals surface area (Å²) >= 11 is 0. The average molecular weight is 299 g/mol. The van der Waals surface area contributed by atoms with Crippen molar-refractivity contribution in [2.45, 2.75) is 32.7 Å². The fraction of sp³-hybridized carbons (Fsp3) is 0.438. The molecule has 0 aliphatic carbocycles. The van der Waals surface area contributed by atoms with E-state index in [1.807, 2.05) is 23.1 Å². The lowest BCUT2D eigenvalue weighted by molar-refractivity contribution is 0.0590. The van der Waals surface area contributed by atoms with Gasteiger partial charge < -0.3 is 10.6 Å². The van der Waals surface area contributed by atoms with Gasteiger partial charge in [-0.3, -0.25) is 4.79 Å². The van der Waals surface area contributed by atoms with Crippen LogP contribution in [0.15, 0.2) is 30.6 Å². The fourth-order valence-corrected chi connectivity index (χ4v) is 3.05. The number of anilines is 1. The molecule has 1 amide bonds. The van der Waals surface area contributed by atoms with Crippen LogP contribution < -0.4 is 5.73 Å². The van der Waals surface area contributed by atoms with Crippen molar-refractivity contribution in [3.63, 3.8) is 0 Å². The van der Waals surface area contributed by atoms with Crippen molar-refractivity contribution in [2.75, 3.05) is 12.3 Å². The Morgan fingerprint density at radius 3 is 2.86 bits per heavy atom. The average Bonchev–Trinajstić information content (AvgIpc) is 2.89. The minimum Gasteiger partial charge on any atom is -0.383 e. The lowest BCUT2D eigenvalue weighted by atomic mass is 9.93. The van der Waals surface area contributed by atoms with Gasteiger partial charge in [-0.1, -0.05) is 13.0 Å². The summed E-state index contributed by atoms with van der Waals surface area (Å²) in [7, 11) is 0. The second-order valence-electron chi connectivity index (χ2n) is 6.02. The van der Waals surface area contributed by atoms with E-state index in [4.69, 9.17) is 5.73 Å². The second-order valence-corrected chi connectivity index (χ2v) is 6.02. The first-order chi connectivity index (χ1) is 10.6. The number of carbonyl (C=O) groups is 1. The highest BCUT2D eigenvalue weighted by Crippen LogP contribution is 2.25. The topological polar surface area (TPSA) is 77.0 Å². The number of likely N-dealkylation sites (tertiary alicyclic amines) is 1. The van der Waals surface area contributed by atoms with E-state index < -0.39 is 0 Å². The van der Waals surface area contributed by atoms with E-state index in [1.54, 1.807) is 6.20 Å². The molecule has 0 spiro atoms. The molecule has 0 unspecified atom stereocenters. The highest BCUT2D eigenvalue weighted by Gasteiger charge is 2.29. The van der Waals surface area contributed by atoms with E-state index in [-0.39, 0.29) is 11.9 Å². The molecule has 6 nitrogen and oxygen atoms in total. The third-order valence-corrected chi connectivity index (χ3v) is 4.30. The molecular formula is C16H21N5O. The lowest BCUT2D eigenvalue weighted by Gasteiger charge is -2.36. The molecule has 6 heteroatoms. The molecule has 0 saturated carbocycles. The van der Waals surface area contributed by atoms with Crippen LogP contribution in [0.25, 0.3) is 5.82 Å². The minimum atomic E-state index is -0.0425. The van der Waals surface area contributed by atoms with Gasteiger partial charge in [-0.25, -0.2) is 4.98 Å². The van der Waals surface area contributed by atoms with E-state index in [0.29, 0.717) is 23.1 Å². The van der Waals surface area contributed by atoms with E-state index in [1.165, 1.54) is 10.9 Å². The van der Waals surface area contributed by atoms with Crippen LogP contribution in [-0.2, 0) is 0 Å². The molecule has 2 aromatic heterocycles. The van der Waals surface area contributed by atoms with E-state index in [0.717, 1.165) is 19.4 Å². The maximum Gasteiger partial charge on any atom is 0.259 e. The summed E-state index contributed by atoms with van der Waals surface area (Å²) in [4.78, 5) is 18.9. The molecule has 2 atom stereocenters. The second kappa shape index (κ2) is 5.79. The zero-order valence-corrected chi connectivity index (χ0v) is 12.9. The van der Waals surface area contributed by atoms with Crippen molar-refractivity contribution in [1.82, 2.24) is 19.7 Å². The molecule has 2 N–H and O–H groups in total. The number of pyridine rings is 1. The summed E-state index contributed by atoms with van der Waals surface area (Å²) in [6.45, 7) is 5.09. The van der Waals surface area contributed by atoms with E-state index in [2.05, 4.69) is 23.9 Å². The molecular weight excluding hydrogens is 278 g/mol. The van der Waals surface area contributed by atoms with Gasteiger partial charge in [0, 0.05) is 18.8 Å². The van der Waals surface area contributed by atoms with Crippen LogP contribution in [-0.4, -0.2) is 38.2 Å². The van der Waals surface area contributed by atoms with Gasteiger partial charge in [-0.2, -0.15) is 9.78 Å². The van der Waals surface area contributed by atoms with Crippen LogP contribution in [0.3, 0.4) is 0 Å². The fourth-order valence-electron chi connectivity index (χ4n) is 3.05. The van der Waals surface area contributed by atoms with Crippen molar-refractivity contribution in [2.24, 2.45) is 5.92 Å². The van der Waals surface area contributed by atoms with Crippen molar-refractivity contribution < 1.29 is 4.79 Å². The maximum atomic E-state index is 12.8. The van der Waals surface area contributed by atoms with Crippen LogP contribution >= 0.6 is 0 Å². The maximum absolute atomic E-state index is 12.8. The van der Waals surface area contributed by atoms with Crippen molar-refractivity contribution in [1.29, 1.82) is 0 Å². The van der Waals surface area contributed by atoms with Gasteiger partial charge in [0.2, 0.25) is 0 Å². The number of carbonyl (C=O) groups excluding carboxylic acids is 1. The standard InChI is InChI=1S/C16H21N5O/c1-11-6-8-20(12(2)9-11)16(22)13-10-19-21(15(13)17)14-5-3-4-7-18-14/h3-5,7,10-12H,6,8-9,17H2,1-2H3/t11-,12-/m1/s1. The lowest BCUT2D eigenvalue weighted by Crippen LogP contribution is -2.44. The van der Waals surface area contributed by atoms with Gasteiger partial charge in [-0.05, 0) is 37.8 Å². The molecule has 116 valence electrons. The number of aromatic nitrogens is 3. The van der Waals surface area contributed by atoms with Crippen molar-refractivity contribution in [3.05, 3.63) is 36.2 Å². The molecule has 0 bridgehead atoms. The number of piperidine rings is 1. The molecule has 1 fully saturated rings. The number of hydrogen-bond donors (Lipinski definition) is 1. The molecule has 3 heterocycles. The van der Waals surface area contributed by atoms with E-state index in [9.17, 15) is 4.79 Å². The van der Waals surface area contributed by atoms with Crippen LogP contribution in [0.5, 0.6) is 0 Å². The molecule has 0 aromatic carbocycles. The Kier molecular flexibility index (Phi) is 3.83. The van der Waals surface area contributed by atoms with Gasteiger partial charge in [0.15, 0.2) is 5.82 Å². The Morgan fingerprint density at radius 2 is 2.18 bits per heavy atom. The monoisotopic (exact) mass is 299 g/mol. The molecule has 2 aromatic rings. The first-order valence-corrected chi connectivity index (χ1v) is 7.63. The Bertz CT molecular complexity index is 666. The number of amides is 1. The SMILES string of the molecule is C[C@@H]1CCN(C(=O)c2cnn(-c3ccccn3)c2N)[C@H](C)C1. The van der Waals surface area contributed by atoms with Crippen LogP contribution in [0.2, 0.25) is 0 Å². The third-order valence-electron chi connectivity index (χ3n) is 4.30. The third kappa shape index (κ3) is 2.56. The first kappa shape index (κ1) is 14.6. The van der Waals surface area contributed by atoms with Crippen LogP contribution in [0.1, 0.15) is 37.0 Å². The van der Waals surface area contributed by atoms with Crippen LogP contribution in [0.4, 0.5) is 5.82 Å². The Hall–Kier alpha value is -2.37. The van der Waals surface area contributed by atoms with Crippen molar-refractivity contribution >= 4 is 11.7 Å². The molecule has 3 rings (SSSR count). The molecule has 22 heavy (non-hydrogen) atoms. The summed E-state index contributed by atoms with van der Waals surface area (Å²) < 4.78 is 1.50. The first-order valence-electron chi connectivity index (χ1n) is 7.63. The largest absolute Gasteiger partial charge is 0.383 e. The minimum absolute atomic E-state index is 0.0425. The smallest absolute Gasteiger partial charge is 0.259 e. The molecule has 0 radical (unpaired) electrons. The Morgan fingerprint density at radius 1 is 1.36 bits per heavy atom. The number of rotatable bonds is 2. The predicted molar refractivity (Wildman–Crippen MR) is 84.7 cm³/mol. The normalized spacial score (nSPS) is 21.8. The molecule has 1 aliphatic rings. The van der Waals surface area contributed by atoms with Gasteiger partial charge >= 0.3 is 0 Å². The molecule has 1 aliphatic heterocycles. The number of nitrogen functional groups attached to an aromatic ring is 1.